The van der Waals surface area contributed by atoms with E-state index in [9.17, 15) is 8.42 Å². The fourth-order valence-corrected chi connectivity index (χ4v) is 3.69. The van der Waals surface area contributed by atoms with Gasteiger partial charge in [-0.1, -0.05) is 13.8 Å². The predicted molar refractivity (Wildman–Crippen MR) is 77.9 cm³/mol. The van der Waals surface area contributed by atoms with Crippen LogP contribution in [0.1, 0.15) is 32.5 Å². The van der Waals surface area contributed by atoms with Crippen molar-refractivity contribution in [2.75, 3.05) is 19.6 Å². The number of imidazole rings is 1. The average molecular weight is 300 g/mol. The van der Waals surface area contributed by atoms with Crippen LogP contribution in [0.3, 0.4) is 0 Å². The Morgan fingerprint density at radius 3 is 2.55 bits per heavy atom. The van der Waals surface area contributed by atoms with Crippen molar-refractivity contribution in [2.24, 2.45) is 5.92 Å². The van der Waals surface area contributed by atoms with E-state index in [0.29, 0.717) is 18.3 Å². The van der Waals surface area contributed by atoms with Crippen molar-refractivity contribution in [3.05, 3.63) is 12.0 Å². The minimum absolute atomic E-state index is 0.138. The molecule has 1 saturated heterocycles. The number of rotatable bonds is 6. The highest BCUT2D eigenvalue weighted by molar-refractivity contribution is 7.89. The van der Waals surface area contributed by atoms with Crippen LogP contribution < -0.4 is 4.72 Å². The molecule has 1 atom stereocenters. The quantitative estimate of drug-likeness (QED) is 0.825. The molecule has 0 radical (unpaired) electrons. The first-order chi connectivity index (χ1) is 9.40. The molecule has 20 heavy (non-hydrogen) atoms. The van der Waals surface area contributed by atoms with Gasteiger partial charge in [0.2, 0.25) is 0 Å². The summed E-state index contributed by atoms with van der Waals surface area (Å²) in [4.78, 5) is 9.08. The Kier molecular flexibility index (Phi) is 4.82. The minimum Gasteiger partial charge on any atom is -0.332 e. The SMILES string of the molecule is Cc1ncc(S(=O)(=O)NCC(C(C)C)N2CCCC2)[nH]1. The van der Waals surface area contributed by atoms with Gasteiger partial charge in [-0.05, 0) is 38.8 Å². The molecular formula is C13H24N4O2S. The topological polar surface area (TPSA) is 78.1 Å². The second-order valence-electron chi connectivity index (χ2n) is 5.74. The second-order valence-corrected chi connectivity index (χ2v) is 7.47. The zero-order valence-electron chi connectivity index (χ0n) is 12.4. The van der Waals surface area contributed by atoms with Crippen LogP contribution in [0.4, 0.5) is 0 Å². The van der Waals surface area contributed by atoms with Gasteiger partial charge in [0.1, 0.15) is 5.82 Å². The lowest BCUT2D eigenvalue weighted by molar-refractivity contribution is 0.193. The van der Waals surface area contributed by atoms with Crippen LogP contribution in [-0.2, 0) is 10.0 Å². The van der Waals surface area contributed by atoms with Crippen molar-refractivity contribution in [1.29, 1.82) is 0 Å². The van der Waals surface area contributed by atoms with E-state index < -0.39 is 10.0 Å². The lowest BCUT2D eigenvalue weighted by atomic mass is 10.0. The smallest absolute Gasteiger partial charge is 0.257 e. The van der Waals surface area contributed by atoms with Crippen LogP contribution in [0, 0.1) is 12.8 Å². The normalized spacial score (nSPS) is 18.8. The molecule has 1 aliphatic heterocycles. The highest BCUT2D eigenvalue weighted by Gasteiger charge is 2.26. The first-order valence-electron chi connectivity index (χ1n) is 7.15. The molecule has 0 amide bonds. The summed E-state index contributed by atoms with van der Waals surface area (Å²) in [5, 5.41) is 0.138. The molecule has 114 valence electrons. The van der Waals surface area contributed by atoms with Gasteiger partial charge in [-0.2, -0.15) is 0 Å². The summed E-state index contributed by atoms with van der Waals surface area (Å²) in [6.45, 7) is 8.58. The molecule has 1 aliphatic rings. The molecule has 2 heterocycles. The fraction of sp³-hybridized carbons (Fsp3) is 0.769. The Morgan fingerprint density at radius 1 is 1.40 bits per heavy atom. The van der Waals surface area contributed by atoms with Crippen LogP contribution in [0.2, 0.25) is 0 Å². The monoisotopic (exact) mass is 300 g/mol. The van der Waals surface area contributed by atoms with Crippen LogP contribution in [-0.4, -0.2) is 49.0 Å². The van der Waals surface area contributed by atoms with Gasteiger partial charge in [0.05, 0.1) is 6.20 Å². The number of hydrogen-bond donors (Lipinski definition) is 2. The Hall–Kier alpha value is -0.920. The van der Waals surface area contributed by atoms with Crippen LogP contribution in [0.15, 0.2) is 11.2 Å². The third-order valence-electron chi connectivity index (χ3n) is 3.83. The summed E-state index contributed by atoms with van der Waals surface area (Å²) >= 11 is 0. The standard InChI is InChI=1S/C13H24N4O2S/c1-10(2)12(17-6-4-5-7-17)8-15-20(18,19)13-9-14-11(3)16-13/h9-10,12,15H,4-8H2,1-3H3,(H,14,16). The van der Waals surface area contributed by atoms with Gasteiger partial charge in [0, 0.05) is 12.6 Å². The zero-order valence-corrected chi connectivity index (χ0v) is 13.2. The van der Waals surface area contributed by atoms with Crippen LogP contribution in [0.5, 0.6) is 0 Å². The average Bonchev–Trinajstić information content (AvgIpc) is 3.00. The van der Waals surface area contributed by atoms with Gasteiger partial charge in [-0.25, -0.2) is 18.1 Å². The van der Waals surface area contributed by atoms with E-state index in [2.05, 4.69) is 33.4 Å². The molecule has 0 aromatic carbocycles. The van der Waals surface area contributed by atoms with E-state index in [0.717, 1.165) is 13.1 Å². The van der Waals surface area contributed by atoms with Crippen molar-refractivity contribution in [2.45, 2.75) is 44.7 Å². The predicted octanol–water partition coefficient (Wildman–Crippen LogP) is 1.12. The minimum atomic E-state index is -3.49. The summed E-state index contributed by atoms with van der Waals surface area (Å²) in [6, 6.07) is 0.247. The van der Waals surface area contributed by atoms with Crippen LogP contribution >= 0.6 is 0 Å². The number of nitrogens with one attached hydrogen (secondary N) is 2. The number of H-pyrrole nitrogens is 1. The molecule has 0 saturated carbocycles. The molecule has 2 rings (SSSR count). The van der Waals surface area contributed by atoms with Gasteiger partial charge in [-0.15, -0.1) is 0 Å². The Balaban J connectivity index is 2.01. The first-order valence-corrected chi connectivity index (χ1v) is 8.64. The second kappa shape index (κ2) is 6.24. The van der Waals surface area contributed by atoms with Crippen molar-refractivity contribution >= 4 is 10.0 Å². The summed E-state index contributed by atoms with van der Waals surface area (Å²) < 4.78 is 27.1. The molecule has 7 heteroatoms. The molecule has 0 bridgehead atoms. The summed E-state index contributed by atoms with van der Waals surface area (Å²) in [5.41, 5.74) is 0. The van der Waals surface area contributed by atoms with Crippen molar-refractivity contribution < 1.29 is 8.42 Å². The molecule has 0 aliphatic carbocycles. The van der Waals surface area contributed by atoms with Gasteiger partial charge < -0.3 is 4.98 Å². The third-order valence-corrected chi connectivity index (χ3v) is 5.16. The number of hydrogen-bond acceptors (Lipinski definition) is 4. The Morgan fingerprint density at radius 2 is 2.05 bits per heavy atom. The maximum Gasteiger partial charge on any atom is 0.257 e. The number of nitrogens with zero attached hydrogens (tertiary/aromatic N) is 2. The lowest BCUT2D eigenvalue weighted by Gasteiger charge is -2.30. The summed E-state index contributed by atoms with van der Waals surface area (Å²) in [5.74, 6) is 1.02. The molecule has 6 nitrogen and oxygen atoms in total. The number of aryl methyl sites for hydroxylation is 1. The van der Waals surface area contributed by atoms with E-state index >= 15 is 0 Å². The maximum absolute atomic E-state index is 12.2. The van der Waals surface area contributed by atoms with Gasteiger partial charge in [-0.3, -0.25) is 4.90 Å². The van der Waals surface area contributed by atoms with E-state index in [4.69, 9.17) is 0 Å². The molecule has 1 aromatic rings. The highest BCUT2D eigenvalue weighted by Crippen LogP contribution is 2.17. The molecular weight excluding hydrogens is 276 g/mol. The van der Waals surface area contributed by atoms with E-state index in [1.807, 2.05) is 0 Å². The Bertz CT molecular complexity index is 532. The number of sulfonamides is 1. The number of aromatic amines is 1. The van der Waals surface area contributed by atoms with Gasteiger partial charge in [0.25, 0.3) is 10.0 Å². The fourth-order valence-electron chi connectivity index (χ4n) is 2.67. The molecule has 0 spiro atoms. The number of aromatic nitrogens is 2. The van der Waals surface area contributed by atoms with E-state index in [-0.39, 0.29) is 11.1 Å². The molecule has 2 N–H and O–H groups in total. The highest BCUT2D eigenvalue weighted by atomic mass is 32.2. The molecule has 1 fully saturated rings. The molecule has 1 unspecified atom stereocenters. The maximum atomic E-state index is 12.2. The van der Waals surface area contributed by atoms with Gasteiger partial charge in [0.15, 0.2) is 5.03 Å². The van der Waals surface area contributed by atoms with Crippen molar-refractivity contribution in [3.8, 4) is 0 Å². The number of likely N-dealkylation sites (tertiary alicyclic amines) is 1. The largest absolute Gasteiger partial charge is 0.332 e. The van der Waals surface area contributed by atoms with Crippen molar-refractivity contribution in [3.63, 3.8) is 0 Å². The molecule has 1 aromatic heterocycles. The van der Waals surface area contributed by atoms with E-state index in [1.54, 1.807) is 6.92 Å². The third kappa shape index (κ3) is 3.59. The zero-order chi connectivity index (χ0) is 14.8. The lowest BCUT2D eigenvalue weighted by Crippen LogP contribution is -2.45. The van der Waals surface area contributed by atoms with Crippen molar-refractivity contribution in [1.82, 2.24) is 19.6 Å². The van der Waals surface area contributed by atoms with E-state index in [1.165, 1.54) is 19.0 Å². The summed E-state index contributed by atoms with van der Waals surface area (Å²) in [6.07, 6.45) is 3.77. The summed E-state index contributed by atoms with van der Waals surface area (Å²) in [7, 11) is -3.49. The first kappa shape index (κ1) is 15.5. The van der Waals surface area contributed by atoms with Crippen LogP contribution in [0.25, 0.3) is 0 Å². The van der Waals surface area contributed by atoms with Gasteiger partial charge >= 0.3 is 0 Å². The Labute approximate surface area is 121 Å².